The van der Waals surface area contributed by atoms with Gasteiger partial charge >= 0.3 is 0 Å². The van der Waals surface area contributed by atoms with Crippen LogP contribution in [0.1, 0.15) is 0 Å². The maximum Gasteiger partial charge on any atom is 0.238 e. The lowest BCUT2D eigenvalue weighted by atomic mass is 9.94. The number of rotatable bonds is 3. The molecule has 5 heteroatoms. The van der Waals surface area contributed by atoms with Crippen LogP contribution in [-0.2, 0) is 10.0 Å². The van der Waals surface area contributed by atoms with Crippen molar-refractivity contribution in [3.63, 3.8) is 0 Å². The molecule has 0 spiro atoms. The van der Waals surface area contributed by atoms with Crippen LogP contribution < -0.4 is 5.14 Å². The Hall–Kier alpha value is -2.14. The molecule has 116 valence electrons. The van der Waals surface area contributed by atoms with E-state index in [0.717, 1.165) is 16.7 Å². The van der Waals surface area contributed by atoms with Crippen molar-refractivity contribution in [3.8, 4) is 22.3 Å². The zero-order valence-electron chi connectivity index (χ0n) is 12.1. The molecule has 0 aliphatic carbocycles. The van der Waals surface area contributed by atoms with Crippen molar-refractivity contribution >= 4 is 21.6 Å². The van der Waals surface area contributed by atoms with Crippen molar-refractivity contribution in [2.75, 3.05) is 0 Å². The standard InChI is InChI=1S/C18H14ClNO2S/c19-17-11-5-3-9-15(17)13-7-1-2-8-14(13)16-10-4-6-12-18(16)23(20,21)22/h1-12H,(H2,20,21,22). The number of nitrogens with two attached hydrogens (primary N) is 1. The van der Waals surface area contributed by atoms with Gasteiger partial charge in [-0.3, -0.25) is 0 Å². The average Bonchev–Trinajstić information content (AvgIpc) is 2.55. The highest BCUT2D eigenvalue weighted by molar-refractivity contribution is 7.89. The minimum atomic E-state index is -3.82. The predicted molar refractivity (Wildman–Crippen MR) is 93.7 cm³/mol. The third kappa shape index (κ3) is 3.15. The number of primary sulfonamides is 1. The zero-order chi connectivity index (χ0) is 16.4. The molecule has 0 heterocycles. The van der Waals surface area contributed by atoms with Crippen LogP contribution in [-0.4, -0.2) is 8.42 Å². The maximum absolute atomic E-state index is 11.9. The molecule has 23 heavy (non-hydrogen) atoms. The molecule has 0 aliphatic heterocycles. The fourth-order valence-corrected chi connectivity index (χ4v) is 3.56. The summed E-state index contributed by atoms with van der Waals surface area (Å²) < 4.78 is 23.8. The molecule has 0 unspecified atom stereocenters. The molecule has 3 aromatic carbocycles. The van der Waals surface area contributed by atoms with Gasteiger partial charge in [-0.05, 0) is 23.3 Å². The highest BCUT2D eigenvalue weighted by atomic mass is 35.5. The Labute approximate surface area is 140 Å². The minimum absolute atomic E-state index is 0.0968. The van der Waals surface area contributed by atoms with Crippen molar-refractivity contribution in [2.24, 2.45) is 5.14 Å². The van der Waals surface area contributed by atoms with Gasteiger partial charge in [-0.1, -0.05) is 72.3 Å². The van der Waals surface area contributed by atoms with Crippen LogP contribution in [0.4, 0.5) is 0 Å². The van der Waals surface area contributed by atoms with Gasteiger partial charge < -0.3 is 0 Å². The molecule has 3 rings (SSSR count). The molecule has 0 bridgehead atoms. The lowest BCUT2D eigenvalue weighted by Crippen LogP contribution is -2.13. The van der Waals surface area contributed by atoms with E-state index < -0.39 is 10.0 Å². The van der Waals surface area contributed by atoms with Gasteiger partial charge in [-0.15, -0.1) is 0 Å². The van der Waals surface area contributed by atoms with E-state index in [4.69, 9.17) is 16.7 Å². The van der Waals surface area contributed by atoms with E-state index in [2.05, 4.69) is 0 Å². The summed E-state index contributed by atoms with van der Waals surface area (Å²) in [6.07, 6.45) is 0. The van der Waals surface area contributed by atoms with Gasteiger partial charge in [0, 0.05) is 16.1 Å². The first kappa shape index (κ1) is 15.7. The average molecular weight is 344 g/mol. The summed E-state index contributed by atoms with van der Waals surface area (Å²) in [5.74, 6) is 0. The van der Waals surface area contributed by atoms with Crippen molar-refractivity contribution in [3.05, 3.63) is 77.8 Å². The largest absolute Gasteiger partial charge is 0.238 e. The van der Waals surface area contributed by atoms with Gasteiger partial charge in [-0.25, -0.2) is 13.6 Å². The molecule has 0 aromatic heterocycles. The topological polar surface area (TPSA) is 60.2 Å². The highest BCUT2D eigenvalue weighted by Crippen LogP contribution is 2.37. The molecule has 3 aromatic rings. The second-order valence-corrected chi connectivity index (χ2v) is 7.00. The van der Waals surface area contributed by atoms with Gasteiger partial charge in [-0.2, -0.15) is 0 Å². The third-order valence-electron chi connectivity index (χ3n) is 3.57. The van der Waals surface area contributed by atoms with Gasteiger partial charge in [0.15, 0.2) is 0 Å². The van der Waals surface area contributed by atoms with Crippen molar-refractivity contribution < 1.29 is 8.42 Å². The monoisotopic (exact) mass is 343 g/mol. The van der Waals surface area contributed by atoms with Crippen molar-refractivity contribution in [2.45, 2.75) is 4.90 Å². The van der Waals surface area contributed by atoms with E-state index in [0.29, 0.717) is 10.6 Å². The Kier molecular flexibility index (Phi) is 4.22. The number of benzene rings is 3. The Balaban J connectivity index is 2.31. The van der Waals surface area contributed by atoms with E-state index in [1.165, 1.54) is 6.07 Å². The summed E-state index contributed by atoms with van der Waals surface area (Å²) >= 11 is 6.30. The fraction of sp³-hybridized carbons (Fsp3) is 0. The minimum Gasteiger partial charge on any atom is -0.225 e. The smallest absolute Gasteiger partial charge is 0.225 e. The Morgan fingerprint density at radius 2 is 1.09 bits per heavy atom. The van der Waals surface area contributed by atoms with Gasteiger partial charge in [0.2, 0.25) is 10.0 Å². The summed E-state index contributed by atoms with van der Waals surface area (Å²) in [5.41, 5.74) is 3.03. The Bertz CT molecular complexity index is 968. The van der Waals surface area contributed by atoms with Crippen LogP contribution in [0.3, 0.4) is 0 Å². The summed E-state index contributed by atoms with van der Waals surface area (Å²) in [7, 11) is -3.82. The van der Waals surface area contributed by atoms with Crippen LogP contribution in [0.5, 0.6) is 0 Å². The quantitative estimate of drug-likeness (QED) is 0.769. The molecular weight excluding hydrogens is 330 g/mol. The van der Waals surface area contributed by atoms with E-state index in [9.17, 15) is 8.42 Å². The first-order valence-corrected chi connectivity index (χ1v) is 8.87. The van der Waals surface area contributed by atoms with E-state index >= 15 is 0 Å². The van der Waals surface area contributed by atoms with E-state index in [1.807, 2.05) is 42.5 Å². The Morgan fingerprint density at radius 1 is 0.652 bits per heavy atom. The molecule has 0 saturated heterocycles. The van der Waals surface area contributed by atoms with E-state index in [-0.39, 0.29) is 4.90 Å². The van der Waals surface area contributed by atoms with Crippen LogP contribution in [0.25, 0.3) is 22.3 Å². The molecule has 0 aliphatic rings. The zero-order valence-corrected chi connectivity index (χ0v) is 13.7. The molecule has 3 nitrogen and oxygen atoms in total. The normalized spacial score (nSPS) is 11.4. The third-order valence-corrected chi connectivity index (χ3v) is 4.87. The SMILES string of the molecule is NS(=O)(=O)c1ccccc1-c1ccccc1-c1ccccc1Cl. The van der Waals surface area contributed by atoms with Crippen molar-refractivity contribution in [1.82, 2.24) is 0 Å². The molecule has 0 fully saturated rings. The Morgan fingerprint density at radius 3 is 1.65 bits per heavy atom. The number of hydrogen-bond acceptors (Lipinski definition) is 2. The molecule has 0 atom stereocenters. The van der Waals surface area contributed by atoms with Crippen LogP contribution in [0.15, 0.2) is 77.7 Å². The maximum atomic E-state index is 11.9. The summed E-state index contributed by atoms with van der Waals surface area (Å²) in [6, 6.07) is 21.7. The lowest BCUT2D eigenvalue weighted by Gasteiger charge is -2.14. The van der Waals surface area contributed by atoms with Crippen LogP contribution >= 0.6 is 11.6 Å². The van der Waals surface area contributed by atoms with Crippen LogP contribution in [0, 0.1) is 0 Å². The molecular formula is C18H14ClNO2S. The first-order valence-electron chi connectivity index (χ1n) is 6.94. The lowest BCUT2D eigenvalue weighted by molar-refractivity contribution is 0.598. The second kappa shape index (κ2) is 6.16. The van der Waals surface area contributed by atoms with Gasteiger partial charge in [0.05, 0.1) is 4.90 Å². The van der Waals surface area contributed by atoms with Gasteiger partial charge in [0.25, 0.3) is 0 Å². The fourth-order valence-electron chi connectivity index (χ4n) is 2.57. The van der Waals surface area contributed by atoms with Gasteiger partial charge in [0.1, 0.15) is 0 Å². The predicted octanol–water partition coefficient (Wildman–Crippen LogP) is 4.32. The first-order chi connectivity index (χ1) is 11.0. The molecule has 0 amide bonds. The van der Waals surface area contributed by atoms with E-state index in [1.54, 1.807) is 24.3 Å². The molecule has 2 N–H and O–H groups in total. The van der Waals surface area contributed by atoms with Crippen LogP contribution in [0.2, 0.25) is 5.02 Å². The van der Waals surface area contributed by atoms with Crippen molar-refractivity contribution in [1.29, 1.82) is 0 Å². The summed E-state index contributed by atoms with van der Waals surface area (Å²) in [6.45, 7) is 0. The summed E-state index contributed by atoms with van der Waals surface area (Å²) in [5, 5.41) is 5.96. The number of hydrogen-bond donors (Lipinski definition) is 1. The number of halogens is 1. The second-order valence-electron chi connectivity index (χ2n) is 5.07. The molecule has 0 saturated carbocycles. The number of sulfonamides is 1. The molecule has 0 radical (unpaired) electrons. The summed E-state index contributed by atoms with van der Waals surface area (Å²) in [4.78, 5) is 0.0968. The highest BCUT2D eigenvalue weighted by Gasteiger charge is 2.17.